The van der Waals surface area contributed by atoms with Crippen molar-refractivity contribution in [2.45, 2.75) is 13.0 Å². The number of hydrogen-bond donors (Lipinski definition) is 2. The third-order valence-corrected chi connectivity index (χ3v) is 3.34. The van der Waals surface area contributed by atoms with Gasteiger partial charge in [0.15, 0.2) is 0 Å². The van der Waals surface area contributed by atoms with Crippen LogP contribution in [0.25, 0.3) is 6.08 Å². The molecule has 0 saturated carbocycles. The Labute approximate surface area is 140 Å². The molecule has 0 radical (unpaired) electrons. The average Bonchev–Trinajstić information content (AvgIpc) is 2.56. The van der Waals surface area contributed by atoms with E-state index >= 15 is 0 Å². The summed E-state index contributed by atoms with van der Waals surface area (Å²) >= 11 is 5.79. The van der Waals surface area contributed by atoms with Gasteiger partial charge < -0.3 is 10.6 Å². The van der Waals surface area contributed by atoms with Crippen molar-refractivity contribution in [1.29, 1.82) is 0 Å². The molecular weight excluding hydrogens is 312 g/mol. The molecule has 0 aromatic heterocycles. The molecule has 2 rings (SSSR count). The van der Waals surface area contributed by atoms with E-state index in [1.165, 1.54) is 6.08 Å². The summed E-state index contributed by atoms with van der Waals surface area (Å²) in [7, 11) is 0. The van der Waals surface area contributed by atoms with E-state index in [9.17, 15) is 9.59 Å². The Hall–Kier alpha value is -2.59. The fourth-order valence-corrected chi connectivity index (χ4v) is 1.97. The van der Waals surface area contributed by atoms with Crippen molar-refractivity contribution in [3.63, 3.8) is 0 Å². The lowest BCUT2D eigenvalue weighted by atomic mass is 10.2. The second kappa shape index (κ2) is 8.15. The molecular formula is C18H17ClN2O2. The van der Waals surface area contributed by atoms with E-state index < -0.39 is 6.04 Å². The molecule has 0 bridgehead atoms. The largest absolute Gasteiger partial charge is 0.341 e. The molecule has 0 spiro atoms. The molecule has 0 heterocycles. The molecule has 1 unspecified atom stereocenters. The molecule has 2 aromatic rings. The lowest BCUT2D eigenvalue weighted by Crippen LogP contribution is -2.40. The third kappa shape index (κ3) is 5.60. The van der Waals surface area contributed by atoms with Crippen LogP contribution in [0.15, 0.2) is 60.7 Å². The average molecular weight is 329 g/mol. The summed E-state index contributed by atoms with van der Waals surface area (Å²) in [5, 5.41) is 5.92. The minimum absolute atomic E-state index is 0.297. The van der Waals surface area contributed by atoms with Crippen LogP contribution in [0.2, 0.25) is 5.02 Å². The Balaban J connectivity index is 1.86. The Morgan fingerprint density at radius 3 is 2.35 bits per heavy atom. The molecule has 1 atom stereocenters. The van der Waals surface area contributed by atoms with Crippen LogP contribution < -0.4 is 10.6 Å². The second-order valence-electron chi connectivity index (χ2n) is 4.97. The molecule has 2 amide bonds. The molecule has 2 N–H and O–H groups in total. The van der Waals surface area contributed by atoms with Crippen molar-refractivity contribution in [3.05, 3.63) is 71.3 Å². The van der Waals surface area contributed by atoms with Crippen LogP contribution in [0, 0.1) is 0 Å². The van der Waals surface area contributed by atoms with Gasteiger partial charge in [0.25, 0.3) is 0 Å². The monoisotopic (exact) mass is 328 g/mol. The molecule has 118 valence electrons. The standard InChI is InChI=1S/C18H17ClN2O2/c1-13(18(23)21-16-10-8-15(19)9-11-16)20-17(22)12-7-14-5-3-2-4-6-14/h2-13H,1H3,(H,20,22)(H,21,23)/b12-7+. The summed E-state index contributed by atoms with van der Waals surface area (Å²) in [6.07, 6.45) is 3.10. The van der Waals surface area contributed by atoms with Gasteiger partial charge >= 0.3 is 0 Å². The van der Waals surface area contributed by atoms with Crippen LogP contribution in [0.3, 0.4) is 0 Å². The van der Waals surface area contributed by atoms with Crippen molar-refractivity contribution in [2.24, 2.45) is 0 Å². The Kier molecular flexibility index (Phi) is 5.94. The van der Waals surface area contributed by atoms with Crippen LogP contribution in [0.1, 0.15) is 12.5 Å². The van der Waals surface area contributed by atoms with E-state index in [4.69, 9.17) is 11.6 Å². The summed E-state index contributed by atoms with van der Waals surface area (Å²) in [5.41, 5.74) is 1.54. The smallest absolute Gasteiger partial charge is 0.246 e. The van der Waals surface area contributed by atoms with Crippen LogP contribution in [0.5, 0.6) is 0 Å². The van der Waals surface area contributed by atoms with E-state index in [0.29, 0.717) is 10.7 Å². The highest BCUT2D eigenvalue weighted by Crippen LogP contribution is 2.13. The zero-order valence-corrected chi connectivity index (χ0v) is 13.4. The maximum Gasteiger partial charge on any atom is 0.246 e. The minimum Gasteiger partial charge on any atom is -0.341 e. The minimum atomic E-state index is -0.654. The highest BCUT2D eigenvalue weighted by Gasteiger charge is 2.14. The number of benzene rings is 2. The predicted octanol–water partition coefficient (Wildman–Crippen LogP) is 3.50. The van der Waals surface area contributed by atoms with Gasteiger partial charge in [0.05, 0.1) is 0 Å². The lowest BCUT2D eigenvalue weighted by Gasteiger charge is -2.13. The van der Waals surface area contributed by atoms with Gasteiger partial charge in [-0.05, 0) is 42.8 Å². The number of carbonyl (C=O) groups excluding carboxylic acids is 2. The number of carbonyl (C=O) groups is 2. The van der Waals surface area contributed by atoms with E-state index in [2.05, 4.69) is 10.6 Å². The maximum absolute atomic E-state index is 12.0. The van der Waals surface area contributed by atoms with Gasteiger partial charge in [-0.1, -0.05) is 41.9 Å². The molecule has 0 aliphatic carbocycles. The van der Waals surface area contributed by atoms with E-state index in [1.54, 1.807) is 37.3 Å². The quantitative estimate of drug-likeness (QED) is 0.825. The first-order chi connectivity index (χ1) is 11.0. The number of rotatable bonds is 5. The summed E-state index contributed by atoms with van der Waals surface area (Å²) in [6.45, 7) is 1.62. The fraction of sp³-hybridized carbons (Fsp3) is 0.111. The first kappa shape index (κ1) is 16.8. The number of anilines is 1. The first-order valence-electron chi connectivity index (χ1n) is 7.14. The summed E-state index contributed by atoms with van der Waals surface area (Å²) in [4.78, 5) is 23.9. The molecule has 0 aliphatic rings. The lowest BCUT2D eigenvalue weighted by molar-refractivity contribution is -0.123. The molecule has 2 aromatic carbocycles. The maximum atomic E-state index is 12.0. The summed E-state index contributed by atoms with van der Waals surface area (Å²) < 4.78 is 0. The molecule has 23 heavy (non-hydrogen) atoms. The summed E-state index contributed by atoms with van der Waals surface area (Å²) in [5.74, 6) is -0.624. The van der Waals surface area contributed by atoms with Crippen molar-refractivity contribution in [3.8, 4) is 0 Å². The van der Waals surface area contributed by atoms with E-state index in [-0.39, 0.29) is 11.8 Å². The molecule has 0 saturated heterocycles. The van der Waals surface area contributed by atoms with Gasteiger partial charge in [-0.25, -0.2) is 0 Å². The Morgan fingerprint density at radius 2 is 1.70 bits per heavy atom. The van der Waals surface area contributed by atoms with Crippen molar-refractivity contribution in [1.82, 2.24) is 5.32 Å². The van der Waals surface area contributed by atoms with Gasteiger partial charge in [-0.3, -0.25) is 9.59 Å². The van der Waals surface area contributed by atoms with Gasteiger partial charge in [-0.15, -0.1) is 0 Å². The number of hydrogen-bond acceptors (Lipinski definition) is 2. The van der Waals surface area contributed by atoms with Crippen molar-refractivity contribution in [2.75, 3.05) is 5.32 Å². The van der Waals surface area contributed by atoms with Gasteiger partial charge in [-0.2, -0.15) is 0 Å². The second-order valence-corrected chi connectivity index (χ2v) is 5.41. The third-order valence-electron chi connectivity index (χ3n) is 3.09. The van der Waals surface area contributed by atoms with Gasteiger partial charge in [0.2, 0.25) is 11.8 Å². The van der Waals surface area contributed by atoms with Gasteiger partial charge in [0, 0.05) is 16.8 Å². The normalized spacial score (nSPS) is 11.9. The van der Waals surface area contributed by atoms with Crippen LogP contribution in [-0.2, 0) is 9.59 Å². The van der Waals surface area contributed by atoms with E-state index in [0.717, 1.165) is 5.56 Å². The number of nitrogens with one attached hydrogen (secondary N) is 2. The van der Waals surface area contributed by atoms with Crippen LogP contribution >= 0.6 is 11.6 Å². The zero-order valence-electron chi connectivity index (χ0n) is 12.6. The molecule has 4 nitrogen and oxygen atoms in total. The fourth-order valence-electron chi connectivity index (χ4n) is 1.85. The van der Waals surface area contributed by atoms with Crippen molar-refractivity contribution >= 4 is 35.2 Å². The highest BCUT2D eigenvalue weighted by atomic mass is 35.5. The Morgan fingerprint density at radius 1 is 1.04 bits per heavy atom. The zero-order chi connectivity index (χ0) is 16.7. The number of amides is 2. The Bertz CT molecular complexity index is 697. The predicted molar refractivity (Wildman–Crippen MR) is 93.2 cm³/mol. The molecule has 5 heteroatoms. The SMILES string of the molecule is CC(NC(=O)/C=C/c1ccccc1)C(=O)Nc1ccc(Cl)cc1. The van der Waals surface area contributed by atoms with E-state index in [1.807, 2.05) is 30.3 Å². The molecule has 0 aliphatic heterocycles. The topological polar surface area (TPSA) is 58.2 Å². The van der Waals surface area contributed by atoms with Crippen molar-refractivity contribution < 1.29 is 9.59 Å². The molecule has 0 fully saturated rings. The van der Waals surface area contributed by atoms with Crippen LogP contribution in [-0.4, -0.2) is 17.9 Å². The highest BCUT2D eigenvalue weighted by molar-refractivity contribution is 6.30. The van der Waals surface area contributed by atoms with Gasteiger partial charge in [0.1, 0.15) is 6.04 Å². The summed E-state index contributed by atoms with van der Waals surface area (Å²) in [6, 6.07) is 15.6. The number of halogens is 1. The van der Waals surface area contributed by atoms with Crippen LogP contribution in [0.4, 0.5) is 5.69 Å². The first-order valence-corrected chi connectivity index (χ1v) is 7.52.